The van der Waals surface area contributed by atoms with Gasteiger partial charge in [-0.2, -0.15) is 0 Å². The third kappa shape index (κ3) is 5.53. The minimum atomic E-state index is 1.08. The summed E-state index contributed by atoms with van der Waals surface area (Å²) < 4.78 is 0. The molecule has 0 fully saturated rings. The second-order valence-electron chi connectivity index (χ2n) is 2.22. The second-order valence-corrected chi connectivity index (χ2v) is 2.70. The van der Waals surface area contributed by atoms with Crippen LogP contribution in [0.1, 0.15) is 25.0 Å². The van der Waals surface area contributed by atoms with Gasteiger partial charge >= 0.3 is 0 Å². The molecule has 0 heterocycles. The van der Waals surface area contributed by atoms with Crippen molar-refractivity contribution >= 4 is 12.6 Å². The van der Waals surface area contributed by atoms with Crippen LogP contribution in [0.15, 0.2) is 36.3 Å². The molecule has 1 aromatic rings. The van der Waals surface area contributed by atoms with Gasteiger partial charge in [0.05, 0.1) is 0 Å². The lowest BCUT2D eigenvalue weighted by atomic mass is 10.1. The smallest absolute Gasteiger partial charge is 0.00718 e. The molecule has 0 aliphatic heterocycles. The largest absolute Gasteiger partial charge is 0.143 e. The molecule has 0 nitrogen and oxygen atoms in total. The summed E-state index contributed by atoms with van der Waals surface area (Å²) in [5, 5.41) is 0. The fourth-order valence-electron chi connectivity index (χ4n) is 0.736. The van der Waals surface area contributed by atoms with Crippen molar-refractivity contribution in [1.82, 2.24) is 0 Å². The van der Waals surface area contributed by atoms with E-state index in [9.17, 15) is 0 Å². The van der Waals surface area contributed by atoms with Gasteiger partial charge in [0.2, 0.25) is 0 Å². The van der Waals surface area contributed by atoms with Gasteiger partial charge in [-0.1, -0.05) is 26.0 Å². The van der Waals surface area contributed by atoms with Crippen molar-refractivity contribution in [3.8, 4) is 0 Å². The molecule has 0 unspecified atom stereocenters. The summed E-state index contributed by atoms with van der Waals surface area (Å²) >= 11 is 4.27. The molecule has 0 N–H and O–H groups in total. The van der Waals surface area contributed by atoms with Crippen LogP contribution in [0.2, 0.25) is 0 Å². The Kier molecular flexibility index (Phi) is 10.7. The maximum atomic E-state index is 4.27. The van der Waals surface area contributed by atoms with Crippen LogP contribution >= 0.6 is 12.6 Å². The molecule has 0 spiro atoms. The first kappa shape index (κ1) is 14.8. The molecule has 0 aromatic heterocycles. The van der Waals surface area contributed by atoms with E-state index in [1.165, 1.54) is 11.1 Å². The van der Waals surface area contributed by atoms with Crippen molar-refractivity contribution in [3.63, 3.8) is 0 Å². The van der Waals surface area contributed by atoms with Crippen molar-refractivity contribution in [1.29, 1.82) is 0 Å². The number of aryl methyl sites for hydroxylation is 1. The van der Waals surface area contributed by atoms with Gasteiger partial charge in [0, 0.05) is 4.90 Å². The highest BCUT2D eigenvalue weighted by atomic mass is 32.1. The van der Waals surface area contributed by atoms with E-state index in [-0.39, 0.29) is 0 Å². The Bertz CT molecular complexity index is 208. The Hall–Kier alpha value is -0.690. The van der Waals surface area contributed by atoms with Crippen LogP contribution in [0.5, 0.6) is 0 Å². The van der Waals surface area contributed by atoms with Gasteiger partial charge in [0.15, 0.2) is 0 Å². The summed E-state index contributed by atoms with van der Waals surface area (Å²) in [7, 11) is 0. The second kappa shape index (κ2) is 9.40. The zero-order valence-corrected chi connectivity index (χ0v) is 9.99. The van der Waals surface area contributed by atoms with Gasteiger partial charge in [-0.15, -0.1) is 25.8 Å². The maximum absolute atomic E-state index is 4.27. The van der Waals surface area contributed by atoms with E-state index in [2.05, 4.69) is 45.7 Å². The number of hydrogen-bond acceptors (Lipinski definition) is 1. The van der Waals surface area contributed by atoms with E-state index in [4.69, 9.17) is 0 Å². The quantitative estimate of drug-likeness (QED) is 0.461. The first-order valence-corrected chi connectivity index (χ1v) is 4.91. The van der Waals surface area contributed by atoms with E-state index in [1.54, 1.807) is 0 Å². The SMILES string of the molecule is C=C.CC.Cc1cccc(S)c1C. The summed E-state index contributed by atoms with van der Waals surface area (Å²) in [6.07, 6.45) is 0. The Morgan fingerprint density at radius 3 is 1.85 bits per heavy atom. The van der Waals surface area contributed by atoms with Crippen LogP contribution in [0.25, 0.3) is 0 Å². The predicted molar refractivity (Wildman–Crippen MR) is 65.8 cm³/mol. The minimum Gasteiger partial charge on any atom is -0.143 e. The molecule has 0 bridgehead atoms. The summed E-state index contributed by atoms with van der Waals surface area (Å²) in [5.74, 6) is 0. The van der Waals surface area contributed by atoms with E-state index in [0.717, 1.165) is 4.90 Å². The first-order valence-electron chi connectivity index (χ1n) is 4.47. The highest BCUT2D eigenvalue weighted by Gasteiger charge is 1.92. The fourth-order valence-corrected chi connectivity index (χ4v) is 0.998. The number of hydrogen-bond donors (Lipinski definition) is 1. The molecular formula is C12H20S. The molecule has 74 valence electrons. The third-order valence-electron chi connectivity index (χ3n) is 1.58. The van der Waals surface area contributed by atoms with E-state index >= 15 is 0 Å². The zero-order chi connectivity index (χ0) is 10.9. The molecule has 1 aromatic carbocycles. The molecule has 13 heavy (non-hydrogen) atoms. The van der Waals surface area contributed by atoms with Gasteiger partial charge in [-0.3, -0.25) is 0 Å². The van der Waals surface area contributed by atoms with Crippen LogP contribution < -0.4 is 0 Å². The summed E-state index contributed by atoms with van der Waals surface area (Å²) in [6, 6.07) is 6.12. The molecule has 1 heteroatoms. The number of benzene rings is 1. The maximum Gasteiger partial charge on any atom is 0.00718 e. The number of thiol groups is 1. The van der Waals surface area contributed by atoms with Crippen LogP contribution in [0.3, 0.4) is 0 Å². The Morgan fingerprint density at radius 2 is 1.54 bits per heavy atom. The van der Waals surface area contributed by atoms with Crippen molar-refractivity contribution in [3.05, 3.63) is 42.5 Å². The predicted octanol–water partition coefficient (Wildman–Crippen LogP) is 4.42. The lowest BCUT2D eigenvalue weighted by Crippen LogP contribution is -1.79. The van der Waals surface area contributed by atoms with Crippen molar-refractivity contribution in [2.24, 2.45) is 0 Å². The minimum absolute atomic E-state index is 1.08. The lowest BCUT2D eigenvalue weighted by molar-refractivity contribution is 1.24. The van der Waals surface area contributed by atoms with Crippen molar-refractivity contribution < 1.29 is 0 Å². The van der Waals surface area contributed by atoms with Gasteiger partial charge < -0.3 is 0 Å². The molecule has 0 amide bonds. The van der Waals surface area contributed by atoms with E-state index in [0.29, 0.717) is 0 Å². The third-order valence-corrected chi connectivity index (χ3v) is 2.06. The average Bonchev–Trinajstić information content (AvgIpc) is 2.20. The van der Waals surface area contributed by atoms with Gasteiger partial charge in [0.25, 0.3) is 0 Å². The van der Waals surface area contributed by atoms with Crippen LogP contribution in [-0.2, 0) is 0 Å². The molecule has 1 rings (SSSR count). The van der Waals surface area contributed by atoms with Gasteiger partial charge in [0.1, 0.15) is 0 Å². The molecule has 0 atom stereocenters. The molecule has 0 radical (unpaired) electrons. The summed E-state index contributed by atoms with van der Waals surface area (Å²) in [6.45, 7) is 14.2. The Balaban J connectivity index is 0. The number of rotatable bonds is 0. The monoisotopic (exact) mass is 196 g/mol. The van der Waals surface area contributed by atoms with Gasteiger partial charge in [-0.25, -0.2) is 0 Å². The first-order chi connectivity index (χ1) is 6.22. The highest BCUT2D eigenvalue weighted by Crippen LogP contribution is 2.15. The molecule has 0 aliphatic rings. The Morgan fingerprint density at radius 1 is 1.08 bits per heavy atom. The normalized spacial score (nSPS) is 7.46. The summed E-state index contributed by atoms with van der Waals surface area (Å²) in [4.78, 5) is 1.08. The fraction of sp³-hybridized carbons (Fsp3) is 0.333. The van der Waals surface area contributed by atoms with E-state index in [1.807, 2.05) is 26.0 Å². The van der Waals surface area contributed by atoms with Crippen molar-refractivity contribution in [2.45, 2.75) is 32.6 Å². The Labute approximate surface area is 88.1 Å². The van der Waals surface area contributed by atoms with Crippen LogP contribution in [0, 0.1) is 13.8 Å². The van der Waals surface area contributed by atoms with Gasteiger partial charge in [-0.05, 0) is 31.0 Å². The molecule has 0 aliphatic carbocycles. The lowest BCUT2D eigenvalue weighted by Gasteiger charge is -2.00. The van der Waals surface area contributed by atoms with E-state index < -0.39 is 0 Å². The topological polar surface area (TPSA) is 0 Å². The highest BCUT2D eigenvalue weighted by molar-refractivity contribution is 7.80. The van der Waals surface area contributed by atoms with Crippen molar-refractivity contribution in [2.75, 3.05) is 0 Å². The van der Waals surface area contributed by atoms with Crippen LogP contribution in [-0.4, -0.2) is 0 Å². The standard InChI is InChI=1S/C8H10S.C2H6.C2H4/c1-6-4-3-5-8(9)7(6)2;2*1-2/h3-5,9H,1-2H3;1-2H3;1-2H2. The molecule has 0 saturated carbocycles. The molecular weight excluding hydrogens is 176 g/mol. The molecule has 0 saturated heterocycles. The average molecular weight is 196 g/mol. The van der Waals surface area contributed by atoms with Crippen LogP contribution in [0.4, 0.5) is 0 Å². The summed E-state index contributed by atoms with van der Waals surface area (Å²) in [5.41, 5.74) is 2.59. The zero-order valence-electron chi connectivity index (χ0n) is 9.09.